The van der Waals surface area contributed by atoms with E-state index in [1.807, 2.05) is 0 Å². The van der Waals surface area contributed by atoms with E-state index in [1.54, 1.807) is 0 Å². The molecule has 0 saturated carbocycles. The van der Waals surface area contributed by atoms with E-state index in [-0.39, 0.29) is 17.9 Å². The molecule has 0 saturated heterocycles. The number of hydrogen-bond donors (Lipinski definition) is 1. The predicted octanol–water partition coefficient (Wildman–Crippen LogP) is 0.932. The van der Waals surface area contributed by atoms with Crippen molar-refractivity contribution in [2.24, 2.45) is 5.73 Å². The summed E-state index contributed by atoms with van der Waals surface area (Å²) in [6.45, 7) is -0.346. The maximum Gasteiger partial charge on any atom is 0.417 e. The summed E-state index contributed by atoms with van der Waals surface area (Å²) in [6.07, 6.45) is 4.14. The minimum absolute atomic E-state index is 0.0111. The molecule has 0 unspecified atom stereocenters. The molecule has 5 nitrogen and oxygen atoms in total. The van der Waals surface area contributed by atoms with Gasteiger partial charge in [0.1, 0.15) is 12.5 Å². The van der Waals surface area contributed by atoms with Crippen molar-refractivity contribution in [1.82, 2.24) is 4.90 Å². The lowest BCUT2D eigenvalue weighted by Gasteiger charge is -2.14. The van der Waals surface area contributed by atoms with Gasteiger partial charge in [0.2, 0.25) is 0 Å². The molecule has 0 bridgehead atoms. The van der Waals surface area contributed by atoms with Crippen molar-refractivity contribution in [2.75, 3.05) is 13.8 Å². The zero-order chi connectivity index (χ0) is 13.7. The SMILES string of the molecule is C#Cc1ccc(C(=O)N(C)C(=O)OCN)cc1F. The summed E-state index contributed by atoms with van der Waals surface area (Å²) in [4.78, 5) is 23.7. The second kappa shape index (κ2) is 5.80. The quantitative estimate of drug-likeness (QED) is 0.626. The molecule has 1 aromatic carbocycles. The van der Waals surface area contributed by atoms with Gasteiger partial charge in [-0.25, -0.2) is 14.1 Å². The maximum absolute atomic E-state index is 13.4. The molecule has 0 aliphatic heterocycles. The minimum Gasteiger partial charge on any atom is -0.433 e. The third kappa shape index (κ3) is 2.84. The van der Waals surface area contributed by atoms with Crippen LogP contribution in [0.15, 0.2) is 18.2 Å². The number of ether oxygens (including phenoxy) is 1. The number of rotatable bonds is 2. The zero-order valence-corrected chi connectivity index (χ0v) is 9.64. The van der Waals surface area contributed by atoms with Gasteiger partial charge in [-0.05, 0) is 18.2 Å². The maximum atomic E-state index is 13.4. The molecule has 0 aromatic heterocycles. The van der Waals surface area contributed by atoms with E-state index in [1.165, 1.54) is 19.2 Å². The van der Waals surface area contributed by atoms with Gasteiger partial charge in [0.05, 0.1) is 5.56 Å². The van der Waals surface area contributed by atoms with E-state index < -0.39 is 17.8 Å². The summed E-state index contributed by atoms with van der Waals surface area (Å²) in [6, 6.07) is 3.57. The number of nitrogens with zero attached hydrogens (tertiary/aromatic N) is 1. The molecule has 0 radical (unpaired) electrons. The van der Waals surface area contributed by atoms with E-state index in [9.17, 15) is 14.0 Å². The Morgan fingerprint density at radius 2 is 2.22 bits per heavy atom. The number of carbonyl (C=O) groups is 2. The highest BCUT2D eigenvalue weighted by Crippen LogP contribution is 2.11. The predicted molar refractivity (Wildman–Crippen MR) is 62.0 cm³/mol. The molecule has 0 spiro atoms. The van der Waals surface area contributed by atoms with Gasteiger partial charge >= 0.3 is 6.09 Å². The Hall–Kier alpha value is -2.39. The van der Waals surface area contributed by atoms with E-state index in [0.717, 1.165) is 6.07 Å². The van der Waals surface area contributed by atoms with Crippen LogP contribution in [0.25, 0.3) is 0 Å². The Morgan fingerprint density at radius 3 is 2.72 bits per heavy atom. The van der Waals surface area contributed by atoms with Crippen LogP contribution in [0.3, 0.4) is 0 Å². The van der Waals surface area contributed by atoms with Gasteiger partial charge in [-0.3, -0.25) is 10.5 Å². The first-order chi connectivity index (χ1) is 8.51. The third-order valence-electron chi connectivity index (χ3n) is 2.16. The summed E-state index contributed by atoms with van der Waals surface area (Å²) >= 11 is 0. The number of carbonyl (C=O) groups excluding carboxylic acids is 2. The number of terminal acetylenes is 1. The Labute approximate surface area is 103 Å². The number of imide groups is 1. The number of halogens is 1. The van der Waals surface area contributed by atoms with E-state index in [0.29, 0.717) is 4.90 Å². The lowest BCUT2D eigenvalue weighted by Crippen LogP contribution is -2.34. The molecule has 6 heteroatoms. The fourth-order valence-corrected chi connectivity index (χ4v) is 1.21. The third-order valence-corrected chi connectivity index (χ3v) is 2.16. The summed E-state index contributed by atoms with van der Waals surface area (Å²) in [7, 11) is 1.20. The standard InChI is InChI=1S/C12H11FN2O3/c1-3-8-4-5-9(6-10(8)13)11(16)15(2)12(17)18-7-14/h1,4-6H,7,14H2,2H3. The first-order valence-electron chi connectivity index (χ1n) is 4.92. The second-order valence-electron chi connectivity index (χ2n) is 3.28. The van der Waals surface area contributed by atoms with Gasteiger partial charge < -0.3 is 4.74 Å². The van der Waals surface area contributed by atoms with Crippen molar-refractivity contribution in [1.29, 1.82) is 0 Å². The molecule has 18 heavy (non-hydrogen) atoms. The molecule has 2 amide bonds. The molecule has 2 N–H and O–H groups in total. The van der Waals surface area contributed by atoms with Crippen LogP contribution in [0.1, 0.15) is 15.9 Å². The van der Waals surface area contributed by atoms with Gasteiger partial charge in [-0.15, -0.1) is 6.42 Å². The molecular weight excluding hydrogens is 239 g/mol. The van der Waals surface area contributed by atoms with Crippen LogP contribution in [0.5, 0.6) is 0 Å². The fourth-order valence-electron chi connectivity index (χ4n) is 1.21. The van der Waals surface area contributed by atoms with Gasteiger partial charge in [0.25, 0.3) is 5.91 Å². The lowest BCUT2D eigenvalue weighted by atomic mass is 10.1. The largest absolute Gasteiger partial charge is 0.433 e. The average Bonchev–Trinajstić information content (AvgIpc) is 2.37. The van der Waals surface area contributed by atoms with Crippen LogP contribution in [0, 0.1) is 18.2 Å². The van der Waals surface area contributed by atoms with Crippen LogP contribution < -0.4 is 5.73 Å². The number of benzene rings is 1. The first-order valence-corrected chi connectivity index (χ1v) is 4.92. The smallest absolute Gasteiger partial charge is 0.417 e. The number of nitrogens with two attached hydrogens (primary N) is 1. The van der Waals surface area contributed by atoms with Gasteiger partial charge in [-0.1, -0.05) is 5.92 Å². The van der Waals surface area contributed by atoms with Crippen LogP contribution in [0.4, 0.5) is 9.18 Å². The van der Waals surface area contributed by atoms with Crippen molar-refractivity contribution in [3.05, 3.63) is 35.1 Å². The highest BCUT2D eigenvalue weighted by atomic mass is 19.1. The van der Waals surface area contributed by atoms with Crippen LogP contribution in [-0.4, -0.2) is 30.7 Å². The summed E-state index contributed by atoms with van der Waals surface area (Å²) in [5.41, 5.74) is 5.03. The molecule has 0 heterocycles. The molecule has 0 fully saturated rings. The molecule has 0 aliphatic carbocycles. The Bertz CT molecular complexity index is 523. The van der Waals surface area contributed by atoms with Crippen molar-refractivity contribution >= 4 is 12.0 Å². The highest BCUT2D eigenvalue weighted by molar-refractivity contribution is 6.02. The van der Waals surface area contributed by atoms with Gasteiger partial charge in [0.15, 0.2) is 0 Å². The molecule has 1 rings (SSSR count). The monoisotopic (exact) mass is 250 g/mol. The summed E-state index contributed by atoms with van der Waals surface area (Å²) in [5.74, 6) is 0.709. The molecule has 1 aromatic rings. The van der Waals surface area contributed by atoms with Crippen LogP contribution in [0.2, 0.25) is 0 Å². The number of hydrogen-bond acceptors (Lipinski definition) is 4. The van der Waals surface area contributed by atoms with Crippen molar-refractivity contribution < 1.29 is 18.7 Å². The zero-order valence-electron chi connectivity index (χ0n) is 9.64. The number of amides is 2. The molecule has 0 atom stereocenters. The summed E-state index contributed by atoms with van der Waals surface area (Å²) < 4.78 is 17.8. The molecular formula is C12H11FN2O3. The Balaban J connectivity index is 2.95. The Kier molecular flexibility index (Phi) is 4.40. The topological polar surface area (TPSA) is 72.6 Å². The van der Waals surface area contributed by atoms with Crippen molar-refractivity contribution in [3.8, 4) is 12.3 Å². The molecule has 0 aliphatic rings. The molecule has 94 valence electrons. The fraction of sp³-hybridized carbons (Fsp3) is 0.167. The van der Waals surface area contributed by atoms with Crippen LogP contribution >= 0.6 is 0 Å². The Morgan fingerprint density at radius 1 is 1.56 bits per heavy atom. The van der Waals surface area contributed by atoms with Gasteiger partial charge in [0, 0.05) is 12.6 Å². The van der Waals surface area contributed by atoms with E-state index >= 15 is 0 Å². The van der Waals surface area contributed by atoms with Crippen molar-refractivity contribution in [2.45, 2.75) is 0 Å². The van der Waals surface area contributed by atoms with E-state index in [4.69, 9.17) is 12.2 Å². The summed E-state index contributed by atoms with van der Waals surface area (Å²) in [5, 5.41) is 0. The lowest BCUT2D eigenvalue weighted by molar-refractivity contribution is 0.0714. The average molecular weight is 250 g/mol. The highest BCUT2D eigenvalue weighted by Gasteiger charge is 2.20. The van der Waals surface area contributed by atoms with Crippen molar-refractivity contribution in [3.63, 3.8) is 0 Å². The van der Waals surface area contributed by atoms with E-state index in [2.05, 4.69) is 10.7 Å². The second-order valence-corrected chi connectivity index (χ2v) is 3.28. The van der Waals surface area contributed by atoms with Crippen LogP contribution in [-0.2, 0) is 4.74 Å². The van der Waals surface area contributed by atoms with Gasteiger partial charge in [-0.2, -0.15) is 0 Å². The first kappa shape index (κ1) is 13.7. The normalized spacial score (nSPS) is 9.44. The minimum atomic E-state index is -0.913.